The van der Waals surface area contributed by atoms with Crippen molar-refractivity contribution in [2.75, 3.05) is 13.2 Å². The van der Waals surface area contributed by atoms with E-state index in [4.69, 9.17) is 13.3 Å². The van der Waals surface area contributed by atoms with E-state index in [1.165, 1.54) is 6.08 Å². The van der Waals surface area contributed by atoms with Crippen LogP contribution in [0, 0.1) is 0 Å². The van der Waals surface area contributed by atoms with Crippen LogP contribution in [0.2, 0.25) is 6.04 Å². The van der Waals surface area contributed by atoms with Gasteiger partial charge in [-0.1, -0.05) is 40.7 Å². The molecule has 1 atom stereocenters. The minimum absolute atomic E-state index is 0.113. The molecule has 21 heavy (non-hydrogen) atoms. The van der Waals surface area contributed by atoms with Gasteiger partial charge >= 0.3 is 8.80 Å². The minimum atomic E-state index is -2.84. The van der Waals surface area contributed by atoms with E-state index in [1.807, 2.05) is 6.92 Å². The van der Waals surface area contributed by atoms with Crippen molar-refractivity contribution < 1.29 is 18.1 Å². The summed E-state index contributed by atoms with van der Waals surface area (Å²) in [7, 11) is -2.84. The molecule has 0 N–H and O–H groups in total. The zero-order valence-electron chi connectivity index (χ0n) is 14.4. The van der Waals surface area contributed by atoms with Crippen LogP contribution in [0.15, 0.2) is 12.7 Å². The second-order valence-electron chi connectivity index (χ2n) is 5.38. The van der Waals surface area contributed by atoms with Crippen LogP contribution in [0.4, 0.5) is 0 Å². The highest BCUT2D eigenvalue weighted by molar-refractivity contribution is 6.61. The molecule has 0 saturated heterocycles. The van der Waals surface area contributed by atoms with Gasteiger partial charge in [-0.05, 0) is 32.3 Å². The third kappa shape index (κ3) is 6.42. The molecule has 0 aliphatic rings. The van der Waals surface area contributed by atoms with E-state index in [1.54, 1.807) is 6.92 Å². The fraction of sp³-hybridized carbons (Fsp3) is 0.812. The number of carbonyl (C=O) groups is 1. The minimum Gasteiger partial charge on any atom is -0.373 e. The number of ketones is 1. The molecule has 0 spiro atoms. The summed E-state index contributed by atoms with van der Waals surface area (Å²) in [5.41, 5.74) is -0.912. The van der Waals surface area contributed by atoms with Crippen molar-refractivity contribution in [1.82, 2.24) is 0 Å². The highest BCUT2D eigenvalue weighted by atomic mass is 28.4. The van der Waals surface area contributed by atoms with Gasteiger partial charge in [0.05, 0.1) is 0 Å². The van der Waals surface area contributed by atoms with Gasteiger partial charge in [0.1, 0.15) is 5.60 Å². The zero-order valence-corrected chi connectivity index (χ0v) is 15.4. The predicted molar refractivity (Wildman–Crippen MR) is 88.3 cm³/mol. The molecule has 0 aromatic heterocycles. The molecule has 0 heterocycles. The van der Waals surface area contributed by atoms with E-state index in [2.05, 4.69) is 27.4 Å². The lowest BCUT2D eigenvalue weighted by atomic mass is 9.98. The van der Waals surface area contributed by atoms with Gasteiger partial charge in [-0.3, -0.25) is 4.79 Å². The van der Waals surface area contributed by atoms with Crippen LogP contribution in [-0.2, 0) is 18.1 Å². The molecule has 0 fully saturated rings. The Balaban J connectivity index is 5.30. The molecular formula is C16H32O4Si. The lowest BCUT2D eigenvalue weighted by Gasteiger charge is -2.37. The molecule has 1 unspecified atom stereocenters. The van der Waals surface area contributed by atoms with Crippen molar-refractivity contribution in [3.63, 3.8) is 0 Å². The van der Waals surface area contributed by atoms with E-state index < -0.39 is 14.4 Å². The quantitative estimate of drug-likeness (QED) is 0.378. The Labute approximate surface area is 131 Å². The Morgan fingerprint density at radius 2 is 1.62 bits per heavy atom. The second kappa shape index (κ2) is 10.3. The summed E-state index contributed by atoms with van der Waals surface area (Å²) in [6.45, 7) is 14.7. The fourth-order valence-electron chi connectivity index (χ4n) is 1.97. The molecule has 0 amide bonds. The van der Waals surface area contributed by atoms with Crippen LogP contribution in [0.3, 0.4) is 0 Å². The van der Waals surface area contributed by atoms with E-state index in [0.717, 1.165) is 25.3 Å². The van der Waals surface area contributed by atoms with Gasteiger partial charge in [-0.15, -0.1) is 0 Å². The van der Waals surface area contributed by atoms with Crippen LogP contribution < -0.4 is 0 Å². The summed E-state index contributed by atoms with van der Waals surface area (Å²) in [6, 6.07) is 0.729. The predicted octanol–water partition coefficient (Wildman–Crippen LogP) is 4.13. The number of rotatable bonds is 13. The Bertz CT molecular complexity index is 311. The number of hydrogen-bond acceptors (Lipinski definition) is 4. The summed E-state index contributed by atoms with van der Waals surface area (Å²) in [5.74, 6) is -0.113. The standard InChI is InChI=1S/C16H32O4Si/c1-7-12-18-21(14-9-3,19-13-8-2)20-16(6,11-5)15(17)10-4/h10H,4,7-9,11-14H2,1-3,5-6H3. The van der Waals surface area contributed by atoms with Crippen molar-refractivity contribution in [3.05, 3.63) is 12.7 Å². The molecule has 0 saturated carbocycles. The van der Waals surface area contributed by atoms with Gasteiger partial charge in [0.2, 0.25) is 0 Å². The van der Waals surface area contributed by atoms with Crippen molar-refractivity contribution in [3.8, 4) is 0 Å². The van der Waals surface area contributed by atoms with Crippen LogP contribution >= 0.6 is 0 Å². The largest absolute Gasteiger partial charge is 0.501 e. The molecule has 0 aliphatic heterocycles. The lowest BCUT2D eigenvalue weighted by molar-refractivity contribution is -0.133. The van der Waals surface area contributed by atoms with Crippen LogP contribution in [-0.4, -0.2) is 33.4 Å². The molecule has 0 aliphatic carbocycles. The highest BCUT2D eigenvalue weighted by Crippen LogP contribution is 2.28. The van der Waals surface area contributed by atoms with Gasteiger partial charge in [0.15, 0.2) is 5.78 Å². The van der Waals surface area contributed by atoms with Gasteiger partial charge in [0, 0.05) is 19.3 Å². The van der Waals surface area contributed by atoms with E-state index in [9.17, 15) is 4.79 Å². The van der Waals surface area contributed by atoms with Crippen molar-refractivity contribution in [2.24, 2.45) is 0 Å². The Morgan fingerprint density at radius 1 is 1.10 bits per heavy atom. The lowest BCUT2D eigenvalue weighted by Crippen LogP contribution is -2.54. The third-order valence-electron chi connectivity index (χ3n) is 3.37. The van der Waals surface area contributed by atoms with Crippen LogP contribution in [0.25, 0.3) is 0 Å². The monoisotopic (exact) mass is 316 g/mol. The molecule has 0 bridgehead atoms. The summed E-state index contributed by atoms with van der Waals surface area (Å²) in [6.07, 6.45) is 4.60. The zero-order chi connectivity index (χ0) is 16.4. The van der Waals surface area contributed by atoms with E-state index >= 15 is 0 Å². The number of hydrogen-bond donors (Lipinski definition) is 0. The summed E-state index contributed by atoms with van der Waals surface area (Å²) >= 11 is 0. The van der Waals surface area contributed by atoms with E-state index in [-0.39, 0.29) is 5.78 Å². The molecule has 0 radical (unpaired) electrons. The number of carbonyl (C=O) groups excluding carboxylic acids is 1. The maximum Gasteiger partial charge on any atom is 0.501 e. The molecular weight excluding hydrogens is 284 g/mol. The first-order chi connectivity index (χ1) is 9.93. The van der Waals surface area contributed by atoms with Crippen molar-refractivity contribution in [2.45, 2.75) is 71.9 Å². The second-order valence-corrected chi connectivity index (χ2v) is 8.03. The molecule has 0 aromatic carbocycles. The topological polar surface area (TPSA) is 44.8 Å². The average Bonchev–Trinajstić information content (AvgIpc) is 2.50. The fourth-order valence-corrected chi connectivity index (χ4v) is 5.14. The highest BCUT2D eigenvalue weighted by Gasteiger charge is 2.47. The first-order valence-corrected chi connectivity index (χ1v) is 10.0. The average molecular weight is 317 g/mol. The summed E-state index contributed by atoms with van der Waals surface area (Å²) < 4.78 is 18.3. The van der Waals surface area contributed by atoms with Gasteiger partial charge < -0.3 is 13.3 Å². The summed E-state index contributed by atoms with van der Waals surface area (Å²) in [5, 5.41) is 0. The normalized spacial score (nSPS) is 14.7. The maximum absolute atomic E-state index is 12.2. The Hall–Kier alpha value is -0.493. The smallest absolute Gasteiger partial charge is 0.373 e. The molecule has 0 aromatic rings. The first-order valence-electron chi connectivity index (χ1n) is 8.08. The van der Waals surface area contributed by atoms with Gasteiger partial charge in [-0.2, -0.15) is 0 Å². The van der Waals surface area contributed by atoms with Crippen molar-refractivity contribution >= 4 is 14.6 Å². The SMILES string of the molecule is C=CC(=O)C(C)(CC)O[Si](CCC)(OCCC)OCCC. The Kier molecular flexibility index (Phi) is 10.0. The summed E-state index contributed by atoms with van der Waals surface area (Å²) in [4.78, 5) is 12.2. The molecule has 0 rings (SSSR count). The van der Waals surface area contributed by atoms with Gasteiger partial charge in [0.25, 0.3) is 0 Å². The first kappa shape index (κ1) is 20.5. The molecule has 5 heteroatoms. The van der Waals surface area contributed by atoms with Gasteiger partial charge in [-0.25, -0.2) is 0 Å². The third-order valence-corrected chi connectivity index (χ3v) is 6.53. The molecule has 4 nitrogen and oxygen atoms in total. The van der Waals surface area contributed by atoms with E-state index in [0.29, 0.717) is 19.6 Å². The van der Waals surface area contributed by atoms with Crippen LogP contribution in [0.5, 0.6) is 0 Å². The van der Waals surface area contributed by atoms with Crippen molar-refractivity contribution in [1.29, 1.82) is 0 Å². The molecule has 124 valence electrons. The van der Waals surface area contributed by atoms with Crippen LogP contribution in [0.1, 0.15) is 60.3 Å². The Morgan fingerprint density at radius 3 is 1.95 bits per heavy atom. The maximum atomic E-state index is 12.2.